The highest BCUT2D eigenvalue weighted by atomic mass is 19.4. The highest BCUT2D eigenvalue weighted by Gasteiger charge is 2.81. The van der Waals surface area contributed by atoms with Crippen molar-refractivity contribution in [1.29, 1.82) is 0 Å². The summed E-state index contributed by atoms with van der Waals surface area (Å²) in [7, 11) is 1.41. The van der Waals surface area contributed by atoms with Gasteiger partial charge in [-0.2, -0.15) is 48.3 Å². The molecule has 284 valence electrons. The van der Waals surface area contributed by atoms with E-state index in [4.69, 9.17) is 5.11 Å². The van der Waals surface area contributed by atoms with Gasteiger partial charge in [-0.05, 0) is 63.2 Å². The summed E-state index contributed by atoms with van der Waals surface area (Å²) in [5, 5.41) is 18.8. The van der Waals surface area contributed by atoms with E-state index in [-0.39, 0.29) is 23.7 Å². The number of hydrogen-bond donors (Lipinski definition) is 2. The largest absolute Gasteiger partial charge is 0.469 e. The number of alkyl halides is 11. The number of ether oxygens (including phenoxy) is 4. The van der Waals surface area contributed by atoms with Gasteiger partial charge in [0.15, 0.2) is 6.79 Å². The van der Waals surface area contributed by atoms with Crippen LogP contribution in [0.4, 0.5) is 48.3 Å². The molecule has 1 heterocycles. The summed E-state index contributed by atoms with van der Waals surface area (Å²) in [4.78, 5) is 22.0. The van der Waals surface area contributed by atoms with E-state index in [2.05, 4.69) is 18.9 Å². The number of fused-ring (bicyclic) bond motifs is 2. The molecule has 0 aromatic rings. The molecular weight excluding hydrogens is 685 g/mol. The topological polar surface area (TPSA) is 112 Å². The summed E-state index contributed by atoms with van der Waals surface area (Å²) in [5.74, 6) is -2.10. The van der Waals surface area contributed by atoms with Crippen LogP contribution in [0.15, 0.2) is 0 Å². The van der Waals surface area contributed by atoms with Crippen molar-refractivity contribution in [2.24, 2.45) is 29.6 Å². The molecule has 0 radical (unpaired) electrons. The van der Waals surface area contributed by atoms with Crippen LogP contribution in [0.1, 0.15) is 79.6 Å². The first-order chi connectivity index (χ1) is 21.6. The Morgan fingerprint density at radius 1 is 0.875 bits per heavy atom. The minimum atomic E-state index is -5.78. The van der Waals surface area contributed by atoms with Crippen LogP contribution in [0.25, 0.3) is 0 Å². The number of carbonyl (C=O) groups excluding carboxylic acids is 2. The van der Waals surface area contributed by atoms with E-state index in [1.807, 2.05) is 13.8 Å². The van der Waals surface area contributed by atoms with Crippen molar-refractivity contribution in [1.82, 2.24) is 0 Å². The number of carbonyl (C=O) groups is 2. The maximum Gasteiger partial charge on any atom is 0.429 e. The van der Waals surface area contributed by atoms with Crippen molar-refractivity contribution in [3.8, 4) is 0 Å². The molecule has 2 bridgehead atoms. The van der Waals surface area contributed by atoms with E-state index in [9.17, 15) is 63.0 Å². The van der Waals surface area contributed by atoms with Crippen LogP contribution in [0.2, 0.25) is 0 Å². The molecule has 0 spiro atoms. The van der Waals surface area contributed by atoms with Crippen LogP contribution in [0.5, 0.6) is 0 Å². The molecular formula is C29H43F11O8. The zero-order chi connectivity index (χ0) is 37.7. The Labute approximate surface area is 270 Å². The predicted octanol–water partition coefficient (Wildman–Crippen LogP) is 7.10. The quantitative estimate of drug-likeness (QED) is 0.201. The van der Waals surface area contributed by atoms with Crippen molar-refractivity contribution >= 4 is 11.9 Å². The Bertz CT molecular complexity index is 1050. The summed E-state index contributed by atoms with van der Waals surface area (Å²) in [6.07, 6.45) is -19.5. The fraction of sp³-hybridized carbons (Fsp3) is 0.931. The van der Waals surface area contributed by atoms with Gasteiger partial charge in [0.1, 0.15) is 12.2 Å². The molecule has 2 saturated carbocycles. The van der Waals surface area contributed by atoms with Gasteiger partial charge in [0.25, 0.3) is 11.2 Å². The minimum absolute atomic E-state index is 0.0556. The third-order valence-electron chi connectivity index (χ3n) is 9.32. The van der Waals surface area contributed by atoms with Gasteiger partial charge >= 0.3 is 36.6 Å². The molecule has 0 amide bonds. The summed E-state index contributed by atoms with van der Waals surface area (Å²) in [6, 6.07) is 0. The van der Waals surface area contributed by atoms with E-state index < -0.39 is 79.1 Å². The molecule has 8 nitrogen and oxygen atoms in total. The van der Waals surface area contributed by atoms with Crippen molar-refractivity contribution in [2.45, 2.75) is 121 Å². The van der Waals surface area contributed by atoms with Crippen LogP contribution >= 0.6 is 0 Å². The number of hydrogen-bond acceptors (Lipinski definition) is 8. The normalized spacial score (nSPS) is 29.9. The number of aliphatic hydroxyl groups is 2. The van der Waals surface area contributed by atoms with Gasteiger partial charge in [-0.1, -0.05) is 34.1 Å². The number of rotatable bonds is 8. The second-order valence-corrected chi connectivity index (χ2v) is 12.6. The zero-order valence-corrected chi connectivity index (χ0v) is 27.3. The first-order valence-corrected chi connectivity index (χ1v) is 15.1. The lowest BCUT2D eigenvalue weighted by Crippen LogP contribution is -2.76. The van der Waals surface area contributed by atoms with Crippen LogP contribution in [0.3, 0.4) is 0 Å². The van der Waals surface area contributed by atoms with Crippen molar-refractivity contribution in [3.63, 3.8) is 0 Å². The van der Waals surface area contributed by atoms with Crippen molar-refractivity contribution < 1.29 is 87.0 Å². The number of esters is 2. The second-order valence-electron chi connectivity index (χ2n) is 12.6. The lowest BCUT2D eigenvalue weighted by atomic mass is 9.79. The molecule has 3 rings (SSSR count). The Hall–Kier alpha value is -1.99. The predicted molar refractivity (Wildman–Crippen MR) is 144 cm³/mol. The van der Waals surface area contributed by atoms with Crippen molar-refractivity contribution in [2.75, 3.05) is 20.5 Å². The standard InChI is InChI=1S/C12H17F5O5.C11H14F6O.C6H12O2/c1-4-7(2)8(18)20-5-9(3)10(19,11(13,14)15)12(16,17)22-6-21-9;12-10(13,14)9(18,11(15,16)17)5-8-4-6-1-2-7(8)3-6;1-4-5(2)6(7)8-3/h7,19H,4-6H2,1-3H3;6-8,18H,1-5H2;5H,4H2,1-3H3. The molecule has 3 fully saturated rings. The highest BCUT2D eigenvalue weighted by molar-refractivity contribution is 5.72. The lowest BCUT2D eigenvalue weighted by Gasteiger charge is -2.50. The Morgan fingerprint density at radius 3 is 1.73 bits per heavy atom. The smallest absolute Gasteiger partial charge is 0.429 e. The molecule has 2 N–H and O–H groups in total. The van der Waals surface area contributed by atoms with Gasteiger partial charge in [-0.3, -0.25) is 14.3 Å². The van der Waals surface area contributed by atoms with Crippen molar-refractivity contribution in [3.05, 3.63) is 0 Å². The first kappa shape index (κ1) is 44.0. The van der Waals surface area contributed by atoms with Gasteiger partial charge in [0.2, 0.25) is 0 Å². The van der Waals surface area contributed by atoms with Crippen LogP contribution in [-0.4, -0.2) is 84.1 Å². The first-order valence-electron chi connectivity index (χ1n) is 15.1. The molecule has 1 saturated heterocycles. The summed E-state index contributed by atoms with van der Waals surface area (Å²) in [6.45, 7) is 5.10. The molecule has 0 aromatic carbocycles. The lowest BCUT2D eigenvalue weighted by molar-refractivity contribution is -0.493. The van der Waals surface area contributed by atoms with Gasteiger partial charge in [0.05, 0.1) is 18.9 Å². The van der Waals surface area contributed by atoms with Gasteiger partial charge in [-0.15, -0.1) is 0 Å². The van der Waals surface area contributed by atoms with E-state index in [0.29, 0.717) is 32.6 Å². The van der Waals surface area contributed by atoms with E-state index in [0.717, 1.165) is 12.8 Å². The van der Waals surface area contributed by atoms with E-state index in [1.165, 1.54) is 14.0 Å². The van der Waals surface area contributed by atoms with Gasteiger partial charge in [0, 0.05) is 0 Å². The molecule has 1 aliphatic heterocycles. The fourth-order valence-corrected chi connectivity index (χ4v) is 5.64. The molecule has 3 aliphatic rings. The maximum absolute atomic E-state index is 13.6. The Kier molecular flexibility index (Phi) is 14.6. The number of methoxy groups -OCH3 is 1. The third-order valence-corrected chi connectivity index (χ3v) is 9.32. The third kappa shape index (κ3) is 9.41. The highest BCUT2D eigenvalue weighted by Crippen LogP contribution is 2.55. The Balaban J connectivity index is 0.000000397. The SMILES string of the molecule is CCC(C)C(=O)OC.CCC(C)C(=O)OCC1(C)OCOC(F)(F)C1(O)C(F)(F)F.OC(CC1CC2CCC1C2)(C(F)(F)F)C(F)(F)F. The minimum Gasteiger partial charge on any atom is -0.469 e. The molecule has 7 atom stereocenters. The van der Waals surface area contributed by atoms with Crippen LogP contribution in [-0.2, 0) is 28.5 Å². The Morgan fingerprint density at radius 2 is 1.38 bits per heavy atom. The fourth-order valence-electron chi connectivity index (χ4n) is 5.64. The molecule has 19 heteroatoms. The zero-order valence-electron chi connectivity index (χ0n) is 27.3. The molecule has 48 heavy (non-hydrogen) atoms. The molecule has 0 aromatic heterocycles. The average Bonchev–Trinajstić information content (AvgIpc) is 3.59. The second kappa shape index (κ2) is 15.9. The van der Waals surface area contributed by atoms with E-state index >= 15 is 0 Å². The van der Waals surface area contributed by atoms with Gasteiger partial charge < -0.3 is 24.4 Å². The summed E-state index contributed by atoms with van der Waals surface area (Å²) in [5.41, 5.74) is -12.1. The molecule has 2 aliphatic carbocycles. The van der Waals surface area contributed by atoms with Crippen LogP contribution < -0.4 is 0 Å². The number of halogens is 11. The molecule has 7 unspecified atom stereocenters. The monoisotopic (exact) mass is 728 g/mol. The maximum atomic E-state index is 13.6. The van der Waals surface area contributed by atoms with Gasteiger partial charge in [-0.25, -0.2) is 0 Å². The van der Waals surface area contributed by atoms with E-state index in [1.54, 1.807) is 6.92 Å². The summed E-state index contributed by atoms with van der Waals surface area (Å²) >= 11 is 0. The summed E-state index contributed by atoms with van der Waals surface area (Å²) < 4.78 is 159. The average molecular weight is 729 g/mol. The van der Waals surface area contributed by atoms with Crippen LogP contribution in [0, 0.1) is 29.6 Å².